The van der Waals surface area contributed by atoms with Crippen LogP contribution in [0.1, 0.15) is 38.7 Å². The Labute approximate surface area is 161 Å². The average molecular weight is 384 g/mol. The van der Waals surface area contributed by atoms with Crippen molar-refractivity contribution in [2.24, 2.45) is 0 Å². The minimum Gasteiger partial charge on any atom is -0.475 e. The number of pyridine rings is 1. The number of halogens is 1. The number of benzene rings is 1. The molecule has 0 saturated carbocycles. The van der Waals surface area contributed by atoms with Crippen LogP contribution in [0.15, 0.2) is 42.6 Å². The summed E-state index contributed by atoms with van der Waals surface area (Å²) in [7, 11) is 0. The number of carboxylic acids is 1. The average Bonchev–Trinajstić information content (AvgIpc) is 2.64. The number of carbonyl (C=O) groups is 1. The third-order valence-corrected chi connectivity index (χ3v) is 4.41. The van der Waals surface area contributed by atoms with Crippen LogP contribution in [-0.2, 0) is 13.0 Å². The molecule has 0 aliphatic carbocycles. The Kier molecular flexibility index (Phi) is 5.66. The minimum atomic E-state index is -1.20. The zero-order chi connectivity index (χ0) is 19.4. The summed E-state index contributed by atoms with van der Waals surface area (Å²) < 4.78 is 5.85. The maximum atomic E-state index is 11.3. The molecule has 0 saturated heterocycles. The van der Waals surface area contributed by atoms with Crippen LogP contribution in [0.25, 0.3) is 0 Å². The van der Waals surface area contributed by atoms with Gasteiger partial charge in [0.15, 0.2) is 0 Å². The molecule has 2 heterocycles. The summed E-state index contributed by atoms with van der Waals surface area (Å²) >= 11 is 6.26. The van der Waals surface area contributed by atoms with E-state index in [2.05, 4.69) is 15.0 Å². The van der Waals surface area contributed by atoms with Gasteiger partial charge in [0.2, 0.25) is 11.7 Å². The molecular formula is C20H18ClN3O3. The summed E-state index contributed by atoms with van der Waals surface area (Å²) in [6.45, 7) is 3.86. The molecule has 0 atom stereocenters. The molecule has 0 spiro atoms. The van der Waals surface area contributed by atoms with Crippen molar-refractivity contribution >= 4 is 17.6 Å². The molecule has 6 nitrogen and oxygen atoms in total. The van der Waals surface area contributed by atoms with Crippen LogP contribution in [0.3, 0.4) is 0 Å². The Hall–Kier alpha value is -2.99. The van der Waals surface area contributed by atoms with Crippen molar-refractivity contribution in [3.8, 4) is 5.88 Å². The number of aryl methyl sites for hydroxylation is 2. The Balaban J connectivity index is 1.94. The van der Waals surface area contributed by atoms with Gasteiger partial charge in [-0.1, -0.05) is 35.9 Å². The van der Waals surface area contributed by atoms with E-state index in [1.165, 1.54) is 0 Å². The fourth-order valence-corrected chi connectivity index (χ4v) is 2.76. The number of carboxylic acid groups (broad SMARTS) is 1. The van der Waals surface area contributed by atoms with Crippen molar-refractivity contribution in [1.29, 1.82) is 0 Å². The van der Waals surface area contributed by atoms with E-state index in [1.807, 2.05) is 37.3 Å². The summed E-state index contributed by atoms with van der Waals surface area (Å²) in [5, 5.41) is 9.88. The quantitative estimate of drug-likeness (QED) is 0.692. The van der Waals surface area contributed by atoms with Gasteiger partial charge in [0, 0.05) is 40.2 Å². The Morgan fingerprint density at radius 3 is 2.59 bits per heavy atom. The number of ether oxygens (including phenoxy) is 1. The molecule has 0 fully saturated rings. The van der Waals surface area contributed by atoms with Crippen LogP contribution >= 0.6 is 11.6 Å². The highest BCUT2D eigenvalue weighted by molar-refractivity contribution is 6.31. The van der Waals surface area contributed by atoms with Gasteiger partial charge in [0.05, 0.1) is 0 Å². The van der Waals surface area contributed by atoms with Crippen molar-refractivity contribution in [2.45, 2.75) is 26.9 Å². The summed E-state index contributed by atoms with van der Waals surface area (Å²) in [6, 6.07) is 11.2. The van der Waals surface area contributed by atoms with Crippen LogP contribution in [0.2, 0.25) is 5.02 Å². The summed E-state index contributed by atoms with van der Waals surface area (Å²) in [6.07, 6.45) is 2.15. The number of rotatable bonds is 6. The standard InChI is InChI=1S/C20H18ClN3O3/c1-12-7-8-14(10-22-12)11-27-19-16(9-15-5-3-4-6-17(15)21)13(2)23-18(24-19)20(25)26/h3-8,10H,9,11H2,1-2H3,(H,25,26). The molecule has 0 amide bonds. The predicted octanol–water partition coefficient (Wildman–Crippen LogP) is 4.01. The van der Waals surface area contributed by atoms with E-state index in [0.717, 1.165) is 16.8 Å². The number of nitrogens with zero attached hydrogens (tertiary/aromatic N) is 3. The molecule has 3 rings (SSSR count). The molecule has 3 aromatic rings. The molecule has 0 radical (unpaired) electrons. The molecule has 0 aliphatic heterocycles. The first-order valence-corrected chi connectivity index (χ1v) is 8.70. The molecule has 0 unspecified atom stereocenters. The van der Waals surface area contributed by atoms with Gasteiger partial charge in [-0.2, -0.15) is 4.98 Å². The lowest BCUT2D eigenvalue weighted by Gasteiger charge is -2.14. The monoisotopic (exact) mass is 383 g/mol. The van der Waals surface area contributed by atoms with Crippen molar-refractivity contribution < 1.29 is 14.6 Å². The lowest BCUT2D eigenvalue weighted by atomic mass is 10.0. The van der Waals surface area contributed by atoms with Gasteiger partial charge in [0.25, 0.3) is 0 Å². The van der Waals surface area contributed by atoms with Crippen molar-refractivity contribution in [3.05, 3.63) is 81.5 Å². The second kappa shape index (κ2) is 8.14. The molecule has 0 bridgehead atoms. The van der Waals surface area contributed by atoms with Crippen molar-refractivity contribution in [1.82, 2.24) is 15.0 Å². The third kappa shape index (κ3) is 4.60. The fourth-order valence-electron chi connectivity index (χ4n) is 2.56. The van der Waals surface area contributed by atoms with Crippen molar-refractivity contribution in [2.75, 3.05) is 0 Å². The predicted molar refractivity (Wildman–Crippen MR) is 101 cm³/mol. The Morgan fingerprint density at radius 2 is 1.93 bits per heavy atom. The van der Waals surface area contributed by atoms with Gasteiger partial charge in [-0.3, -0.25) is 4.98 Å². The lowest BCUT2D eigenvalue weighted by Crippen LogP contribution is -2.12. The van der Waals surface area contributed by atoms with Crippen LogP contribution < -0.4 is 4.74 Å². The highest BCUT2D eigenvalue weighted by atomic mass is 35.5. The Bertz CT molecular complexity index is 975. The smallest absolute Gasteiger partial charge is 0.374 e. The Morgan fingerprint density at radius 1 is 1.15 bits per heavy atom. The molecule has 1 aromatic carbocycles. The normalized spacial score (nSPS) is 10.6. The maximum absolute atomic E-state index is 11.3. The van der Waals surface area contributed by atoms with Gasteiger partial charge in [-0.15, -0.1) is 0 Å². The van der Waals surface area contributed by atoms with Crippen LogP contribution in [0.4, 0.5) is 0 Å². The van der Waals surface area contributed by atoms with E-state index in [1.54, 1.807) is 19.2 Å². The summed E-state index contributed by atoms with van der Waals surface area (Å²) in [5.74, 6) is -1.27. The van der Waals surface area contributed by atoms with E-state index >= 15 is 0 Å². The largest absolute Gasteiger partial charge is 0.475 e. The molecule has 138 valence electrons. The zero-order valence-electron chi connectivity index (χ0n) is 14.9. The SMILES string of the molecule is Cc1ccc(COc2nc(C(=O)O)nc(C)c2Cc2ccccc2Cl)cn1. The summed E-state index contributed by atoms with van der Waals surface area (Å²) in [4.78, 5) is 23.7. The maximum Gasteiger partial charge on any atom is 0.374 e. The van der Waals surface area contributed by atoms with E-state index in [4.69, 9.17) is 16.3 Å². The van der Waals surface area contributed by atoms with Gasteiger partial charge in [-0.05, 0) is 31.5 Å². The molecule has 7 heteroatoms. The fraction of sp³-hybridized carbons (Fsp3) is 0.200. The summed E-state index contributed by atoms with van der Waals surface area (Å²) in [5.41, 5.74) is 3.89. The van der Waals surface area contributed by atoms with E-state index < -0.39 is 5.97 Å². The second-order valence-corrected chi connectivity index (χ2v) is 6.49. The minimum absolute atomic E-state index is 0.221. The van der Waals surface area contributed by atoms with Crippen molar-refractivity contribution in [3.63, 3.8) is 0 Å². The number of hydrogen-bond acceptors (Lipinski definition) is 5. The van der Waals surface area contributed by atoms with E-state index in [0.29, 0.717) is 22.7 Å². The van der Waals surface area contributed by atoms with Gasteiger partial charge in [0.1, 0.15) is 6.61 Å². The van der Waals surface area contributed by atoms with Crippen LogP contribution in [0, 0.1) is 13.8 Å². The van der Waals surface area contributed by atoms with Crippen LogP contribution in [-0.4, -0.2) is 26.0 Å². The first kappa shape index (κ1) is 18.8. The molecular weight excluding hydrogens is 366 g/mol. The first-order chi connectivity index (χ1) is 12.9. The van der Waals surface area contributed by atoms with Gasteiger partial charge in [-0.25, -0.2) is 9.78 Å². The van der Waals surface area contributed by atoms with Gasteiger partial charge >= 0.3 is 5.97 Å². The molecule has 2 aromatic heterocycles. The zero-order valence-corrected chi connectivity index (χ0v) is 15.7. The molecule has 0 aliphatic rings. The number of aromatic nitrogens is 3. The van der Waals surface area contributed by atoms with Crippen LogP contribution in [0.5, 0.6) is 5.88 Å². The number of aromatic carboxylic acids is 1. The molecule has 1 N–H and O–H groups in total. The van der Waals surface area contributed by atoms with E-state index in [-0.39, 0.29) is 18.3 Å². The lowest BCUT2D eigenvalue weighted by molar-refractivity contribution is 0.0681. The second-order valence-electron chi connectivity index (χ2n) is 6.09. The topological polar surface area (TPSA) is 85.2 Å². The third-order valence-electron chi connectivity index (χ3n) is 4.04. The first-order valence-electron chi connectivity index (χ1n) is 8.32. The van der Waals surface area contributed by atoms with E-state index in [9.17, 15) is 9.90 Å². The molecule has 27 heavy (non-hydrogen) atoms. The van der Waals surface area contributed by atoms with Gasteiger partial charge < -0.3 is 9.84 Å². The highest BCUT2D eigenvalue weighted by Crippen LogP contribution is 2.26. The highest BCUT2D eigenvalue weighted by Gasteiger charge is 2.18. The number of hydrogen-bond donors (Lipinski definition) is 1.